The fourth-order valence-electron chi connectivity index (χ4n) is 7.52. The van der Waals surface area contributed by atoms with E-state index in [0.29, 0.717) is 23.9 Å². The molecule has 4 unspecified atom stereocenters. The second-order valence-corrected chi connectivity index (χ2v) is 11.7. The maximum absolute atomic E-state index is 12.7. The first-order chi connectivity index (χ1) is 14.3. The third-order valence-corrected chi connectivity index (χ3v) is 9.39. The van der Waals surface area contributed by atoms with Crippen LogP contribution in [-0.4, -0.2) is 30.9 Å². The minimum atomic E-state index is -0.435. The van der Waals surface area contributed by atoms with Crippen molar-refractivity contribution in [2.75, 3.05) is 6.79 Å². The molecule has 0 amide bonds. The number of hydrogen-bond donors (Lipinski definition) is 0. The Labute approximate surface area is 180 Å². The van der Waals surface area contributed by atoms with Gasteiger partial charge in [-0.15, -0.1) is 0 Å². The predicted octanol–water partition coefficient (Wildman–Crippen LogP) is 4.72. The monoisotopic (exact) mass is 418 g/mol. The summed E-state index contributed by atoms with van der Waals surface area (Å²) >= 11 is 0. The molecule has 0 aromatic heterocycles. The Morgan fingerprint density at radius 2 is 1.50 bits per heavy atom. The molecular formula is C25H38O5. The molecule has 0 aromatic carbocycles. The van der Waals surface area contributed by atoms with Crippen LogP contribution in [0.4, 0.5) is 0 Å². The first-order valence-electron chi connectivity index (χ1n) is 12.3. The van der Waals surface area contributed by atoms with Gasteiger partial charge < -0.3 is 14.2 Å². The summed E-state index contributed by atoms with van der Waals surface area (Å²) in [6, 6.07) is 0. The third kappa shape index (κ3) is 3.69. The minimum Gasteiger partial charge on any atom is -0.462 e. The molecule has 6 fully saturated rings. The Morgan fingerprint density at radius 1 is 0.833 bits per heavy atom. The summed E-state index contributed by atoms with van der Waals surface area (Å²) in [6.45, 7) is 6.00. The summed E-state index contributed by atoms with van der Waals surface area (Å²) in [5, 5.41) is 0. The molecule has 168 valence electrons. The number of esters is 2. The summed E-state index contributed by atoms with van der Waals surface area (Å²) in [7, 11) is 0. The summed E-state index contributed by atoms with van der Waals surface area (Å²) in [5.74, 6) is 3.54. The Bertz CT molecular complexity index is 657. The van der Waals surface area contributed by atoms with Gasteiger partial charge in [-0.1, -0.05) is 6.92 Å². The molecule has 0 spiro atoms. The van der Waals surface area contributed by atoms with Crippen LogP contribution in [0.25, 0.3) is 0 Å². The lowest BCUT2D eigenvalue weighted by atomic mass is 9.55. The van der Waals surface area contributed by atoms with Crippen LogP contribution in [0, 0.1) is 46.8 Å². The van der Waals surface area contributed by atoms with Crippen molar-refractivity contribution in [3.63, 3.8) is 0 Å². The number of carbonyl (C=O) groups excluding carboxylic acids is 2. The van der Waals surface area contributed by atoms with E-state index in [-0.39, 0.29) is 36.7 Å². The molecule has 0 aromatic rings. The van der Waals surface area contributed by atoms with Crippen molar-refractivity contribution in [1.82, 2.24) is 0 Å². The molecule has 0 saturated heterocycles. The van der Waals surface area contributed by atoms with Crippen LogP contribution in [0.3, 0.4) is 0 Å². The Kier molecular flexibility index (Phi) is 5.40. The van der Waals surface area contributed by atoms with Crippen LogP contribution in [0.5, 0.6) is 0 Å². The van der Waals surface area contributed by atoms with Crippen molar-refractivity contribution in [3.8, 4) is 0 Å². The highest BCUT2D eigenvalue weighted by molar-refractivity contribution is 5.76. The van der Waals surface area contributed by atoms with Crippen molar-refractivity contribution in [2.24, 2.45) is 46.8 Å². The molecule has 0 radical (unpaired) electrons. The Balaban J connectivity index is 1.07. The van der Waals surface area contributed by atoms with Gasteiger partial charge in [-0.25, -0.2) is 0 Å². The maximum atomic E-state index is 12.7. The van der Waals surface area contributed by atoms with Crippen molar-refractivity contribution in [1.29, 1.82) is 0 Å². The van der Waals surface area contributed by atoms with E-state index < -0.39 is 5.41 Å². The number of ether oxygens (including phenoxy) is 3. The summed E-state index contributed by atoms with van der Waals surface area (Å²) < 4.78 is 17.6. The largest absolute Gasteiger partial charge is 0.462 e. The molecule has 4 atom stereocenters. The van der Waals surface area contributed by atoms with Crippen LogP contribution in [-0.2, 0) is 23.8 Å². The first kappa shape index (κ1) is 20.8. The van der Waals surface area contributed by atoms with E-state index in [2.05, 4.69) is 0 Å². The van der Waals surface area contributed by atoms with Gasteiger partial charge in [-0.05, 0) is 107 Å². The number of fused-ring (bicyclic) bond motifs is 2. The molecule has 6 bridgehead atoms. The lowest BCUT2D eigenvalue weighted by Crippen LogP contribution is -2.49. The van der Waals surface area contributed by atoms with Crippen LogP contribution in [0.2, 0.25) is 0 Å². The molecule has 6 rings (SSSR count). The quantitative estimate of drug-likeness (QED) is 0.442. The normalized spacial score (nSPS) is 43.8. The Morgan fingerprint density at radius 3 is 2.07 bits per heavy atom. The molecular weight excluding hydrogens is 380 g/mol. The third-order valence-electron chi connectivity index (χ3n) is 9.39. The van der Waals surface area contributed by atoms with E-state index in [1.54, 1.807) is 0 Å². The van der Waals surface area contributed by atoms with E-state index >= 15 is 0 Å². The van der Waals surface area contributed by atoms with Crippen molar-refractivity contribution < 1.29 is 23.8 Å². The molecule has 0 N–H and O–H groups in total. The number of rotatable bonds is 7. The van der Waals surface area contributed by atoms with Gasteiger partial charge in [-0.2, -0.15) is 0 Å². The highest BCUT2D eigenvalue weighted by atomic mass is 16.7. The molecule has 5 heteroatoms. The summed E-state index contributed by atoms with van der Waals surface area (Å²) in [5.41, 5.74) is -0.435. The van der Waals surface area contributed by atoms with Gasteiger partial charge >= 0.3 is 11.9 Å². The summed E-state index contributed by atoms with van der Waals surface area (Å²) in [6.07, 6.45) is 10.3. The topological polar surface area (TPSA) is 61.8 Å². The maximum Gasteiger partial charge on any atom is 0.311 e. The van der Waals surface area contributed by atoms with Crippen molar-refractivity contribution in [3.05, 3.63) is 0 Å². The smallest absolute Gasteiger partial charge is 0.311 e. The van der Waals surface area contributed by atoms with Gasteiger partial charge in [0.2, 0.25) is 0 Å². The van der Waals surface area contributed by atoms with E-state index in [9.17, 15) is 9.59 Å². The average Bonchev–Trinajstić information content (AvgIpc) is 3.29. The Hall–Kier alpha value is -1.10. The zero-order chi connectivity index (χ0) is 21.0. The predicted molar refractivity (Wildman–Crippen MR) is 111 cm³/mol. The van der Waals surface area contributed by atoms with Gasteiger partial charge in [0.25, 0.3) is 0 Å². The van der Waals surface area contributed by atoms with Gasteiger partial charge in [0, 0.05) is 0 Å². The molecule has 0 aliphatic heterocycles. The van der Waals surface area contributed by atoms with Crippen molar-refractivity contribution in [2.45, 2.75) is 90.8 Å². The van der Waals surface area contributed by atoms with Gasteiger partial charge in [0.05, 0.1) is 17.4 Å². The zero-order valence-electron chi connectivity index (χ0n) is 18.8. The van der Waals surface area contributed by atoms with Crippen LogP contribution in [0.15, 0.2) is 0 Å². The molecule has 30 heavy (non-hydrogen) atoms. The van der Waals surface area contributed by atoms with E-state index in [1.165, 1.54) is 32.1 Å². The molecule has 5 nitrogen and oxygen atoms in total. The van der Waals surface area contributed by atoms with Crippen LogP contribution in [0.1, 0.15) is 78.6 Å². The molecule has 0 heterocycles. The SMILES string of the molecule is CCC(C)(C)C(=O)OC1CC2CC1CC2C(=O)OCOC1C2CC3CC(C2)CC1C3. The minimum absolute atomic E-state index is 0.0262. The molecule has 6 aliphatic carbocycles. The van der Waals surface area contributed by atoms with Crippen LogP contribution < -0.4 is 0 Å². The second kappa shape index (κ2) is 7.79. The van der Waals surface area contributed by atoms with E-state index in [1.807, 2.05) is 20.8 Å². The number of hydrogen-bond acceptors (Lipinski definition) is 5. The fraction of sp³-hybridized carbons (Fsp3) is 0.920. The number of carbonyl (C=O) groups is 2. The second-order valence-electron chi connectivity index (χ2n) is 11.7. The molecule has 6 saturated carbocycles. The lowest BCUT2D eigenvalue weighted by molar-refractivity contribution is -0.191. The van der Waals surface area contributed by atoms with Crippen LogP contribution >= 0.6 is 0 Å². The zero-order valence-corrected chi connectivity index (χ0v) is 18.8. The van der Waals surface area contributed by atoms with Gasteiger partial charge in [-0.3, -0.25) is 9.59 Å². The van der Waals surface area contributed by atoms with E-state index in [0.717, 1.165) is 37.5 Å². The average molecular weight is 419 g/mol. The fourth-order valence-corrected chi connectivity index (χ4v) is 7.52. The lowest BCUT2D eigenvalue weighted by Gasteiger charge is -2.53. The molecule has 6 aliphatic rings. The standard InChI is InChI=1S/C25H38O5/c1-4-25(2,3)24(27)30-21-12-16-10-17(21)11-20(16)23(26)29-13-28-22-18-6-14-5-15(8-18)9-19(22)7-14/h14-22H,4-13H2,1-3H3. The van der Waals surface area contributed by atoms with Gasteiger partial charge in [0.1, 0.15) is 6.10 Å². The highest BCUT2D eigenvalue weighted by Gasteiger charge is 2.52. The van der Waals surface area contributed by atoms with Gasteiger partial charge in [0.15, 0.2) is 6.79 Å². The van der Waals surface area contributed by atoms with Crippen molar-refractivity contribution >= 4 is 11.9 Å². The van der Waals surface area contributed by atoms with E-state index in [4.69, 9.17) is 14.2 Å². The highest BCUT2D eigenvalue weighted by Crippen LogP contribution is 2.55. The first-order valence-corrected chi connectivity index (χ1v) is 12.3. The summed E-state index contributed by atoms with van der Waals surface area (Å²) in [4.78, 5) is 25.1.